The molecule has 0 aromatic carbocycles. The molecule has 0 aliphatic carbocycles. The first-order chi connectivity index (χ1) is 6.77. The first kappa shape index (κ1) is 12.5. The van der Waals surface area contributed by atoms with Crippen molar-refractivity contribution in [2.75, 3.05) is 0 Å². The molecule has 3 aromatic rings. The van der Waals surface area contributed by atoms with Gasteiger partial charge in [-0.3, -0.25) is 18.4 Å². The van der Waals surface area contributed by atoms with E-state index in [0.717, 1.165) is 5.39 Å². The van der Waals surface area contributed by atoms with Gasteiger partial charge in [0.2, 0.25) is 0 Å². The number of hydrogen-bond acceptors (Lipinski definition) is 2. The Balaban J connectivity index is 0.000000640. The molecule has 0 fully saturated rings. The molecule has 0 atom stereocenters. The Hall–Kier alpha value is -1.52. The predicted molar refractivity (Wildman–Crippen MR) is 66.6 cm³/mol. The molecule has 3 heterocycles. The van der Waals surface area contributed by atoms with Crippen molar-refractivity contribution in [1.82, 2.24) is 8.80 Å². The molecule has 0 aliphatic rings. The highest BCUT2D eigenvalue weighted by atomic mass is 35.5. The fourth-order valence-corrected chi connectivity index (χ4v) is 1.71. The van der Waals surface area contributed by atoms with E-state index in [1.807, 2.05) is 0 Å². The van der Waals surface area contributed by atoms with Crippen molar-refractivity contribution >= 4 is 35.8 Å². The molecular weight excluding hydrogens is 251 g/mol. The highest BCUT2D eigenvalue weighted by Gasteiger charge is 2.05. The maximum absolute atomic E-state index is 11.4. The molecular formula is C10H8Cl2N2O2. The van der Waals surface area contributed by atoms with Crippen LogP contribution < -0.4 is 11.1 Å². The summed E-state index contributed by atoms with van der Waals surface area (Å²) in [6.07, 6.45) is 3.21. The Morgan fingerprint density at radius 3 is 1.62 bits per heavy atom. The van der Waals surface area contributed by atoms with Gasteiger partial charge in [-0.25, -0.2) is 0 Å². The molecule has 0 unspecified atom stereocenters. The van der Waals surface area contributed by atoms with Crippen LogP contribution in [0.15, 0.2) is 46.2 Å². The third kappa shape index (κ3) is 1.47. The van der Waals surface area contributed by atoms with Gasteiger partial charge in [0.1, 0.15) is 5.65 Å². The van der Waals surface area contributed by atoms with Crippen LogP contribution >= 0.6 is 24.8 Å². The number of pyridine rings is 2. The average molecular weight is 259 g/mol. The lowest BCUT2D eigenvalue weighted by atomic mass is 10.3. The molecule has 0 radical (unpaired) electrons. The maximum atomic E-state index is 11.4. The summed E-state index contributed by atoms with van der Waals surface area (Å²) in [5, 5.41) is 0.884. The summed E-state index contributed by atoms with van der Waals surface area (Å²) in [5.74, 6) is 0. The second kappa shape index (κ2) is 4.15. The molecule has 6 heteroatoms. The molecule has 0 saturated heterocycles. The van der Waals surface area contributed by atoms with E-state index in [2.05, 4.69) is 0 Å². The van der Waals surface area contributed by atoms with Crippen LogP contribution in [0.25, 0.3) is 11.0 Å². The van der Waals surface area contributed by atoms with E-state index in [1.165, 1.54) is 20.9 Å². The quantitative estimate of drug-likeness (QED) is 0.608. The van der Waals surface area contributed by atoms with Crippen LogP contribution in [0.1, 0.15) is 0 Å². The minimum absolute atomic E-state index is 0. The average Bonchev–Trinajstić information content (AvgIpc) is 2.62. The van der Waals surface area contributed by atoms with Crippen molar-refractivity contribution in [3.8, 4) is 0 Å². The van der Waals surface area contributed by atoms with Crippen LogP contribution in [0.3, 0.4) is 0 Å². The van der Waals surface area contributed by atoms with E-state index >= 15 is 0 Å². The van der Waals surface area contributed by atoms with Crippen LogP contribution in [0.2, 0.25) is 0 Å². The predicted octanol–water partition coefficient (Wildman–Crippen LogP) is 1.19. The highest BCUT2D eigenvalue weighted by molar-refractivity contribution is 5.85. The summed E-state index contributed by atoms with van der Waals surface area (Å²) < 4.78 is 2.94. The van der Waals surface area contributed by atoms with Gasteiger partial charge in [0.25, 0.3) is 11.1 Å². The number of aromatic nitrogens is 2. The molecule has 3 rings (SSSR count). The van der Waals surface area contributed by atoms with E-state index in [4.69, 9.17) is 0 Å². The van der Waals surface area contributed by atoms with Gasteiger partial charge < -0.3 is 0 Å². The lowest BCUT2D eigenvalue weighted by Gasteiger charge is -1.98. The summed E-state index contributed by atoms with van der Waals surface area (Å²) in [4.78, 5) is 22.8. The first-order valence-electron chi connectivity index (χ1n) is 4.22. The van der Waals surface area contributed by atoms with Crippen molar-refractivity contribution in [2.24, 2.45) is 0 Å². The number of imidazole rings is 1. The van der Waals surface area contributed by atoms with Gasteiger partial charge in [0.15, 0.2) is 0 Å². The van der Waals surface area contributed by atoms with E-state index in [1.54, 1.807) is 24.5 Å². The van der Waals surface area contributed by atoms with Gasteiger partial charge in [-0.05, 0) is 12.1 Å². The van der Waals surface area contributed by atoms with Crippen LogP contribution in [-0.4, -0.2) is 8.80 Å². The van der Waals surface area contributed by atoms with Crippen molar-refractivity contribution in [3.63, 3.8) is 0 Å². The Morgan fingerprint density at radius 2 is 1.19 bits per heavy atom. The first-order valence-corrected chi connectivity index (χ1v) is 4.22. The largest absolute Gasteiger partial charge is 0.269 e. The molecule has 0 bridgehead atoms. The standard InChI is InChI=1S/C10H6N2O2.2ClH/c13-8-3-1-7-2-4-9(14)12-6-5-11(8)10(7)12;;/h1-6H;2*1H. The summed E-state index contributed by atoms with van der Waals surface area (Å²) in [5.41, 5.74) is 0.404. The number of nitrogens with zero attached hydrogens (tertiary/aromatic N) is 2. The summed E-state index contributed by atoms with van der Waals surface area (Å²) in [6.45, 7) is 0. The molecule has 3 aromatic heterocycles. The number of hydrogen-bond donors (Lipinski definition) is 0. The summed E-state index contributed by atoms with van der Waals surface area (Å²) in [6, 6.07) is 6.42. The lowest BCUT2D eigenvalue weighted by Crippen LogP contribution is -2.15. The highest BCUT2D eigenvalue weighted by Crippen LogP contribution is 2.08. The van der Waals surface area contributed by atoms with E-state index in [9.17, 15) is 9.59 Å². The number of rotatable bonds is 0. The maximum Gasteiger partial charge on any atom is 0.256 e. The van der Waals surface area contributed by atoms with E-state index < -0.39 is 0 Å². The fraction of sp³-hybridized carbons (Fsp3) is 0. The topological polar surface area (TPSA) is 43.0 Å². The van der Waals surface area contributed by atoms with Crippen LogP contribution in [0, 0.1) is 0 Å². The van der Waals surface area contributed by atoms with Crippen LogP contribution in [-0.2, 0) is 0 Å². The Labute approximate surface area is 102 Å². The molecule has 84 valence electrons. The molecule has 4 nitrogen and oxygen atoms in total. The van der Waals surface area contributed by atoms with Crippen LogP contribution in [0.4, 0.5) is 0 Å². The SMILES string of the molecule is Cl.Cl.O=c1ccc2ccc(=O)n3ccn1c23. The van der Waals surface area contributed by atoms with Gasteiger partial charge in [0, 0.05) is 29.9 Å². The minimum Gasteiger partial charge on any atom is -0.269 e. The minimum atomic E-state index is -0.120. The third-order valence-electron chi connectivity index (χ3n) is 2.37. The zero-order valence-corrected chi connectivity index (χ0v) is 9.62. The Morgan fingerprint density at radius 1 is 0.750 bits per heavy atom. The van der Waals surface area contributed by atoms with Crippen molar-refractivity contribution in [1.29, 1.82) is 0 Å². The number of halogens is 2. The monoisotopic (exact) mass is 258 g/mol. The van der Waals surface area contributed by atoms with E-state index in [0.29, 0.717) is 5.65 Å². The smallest absolute Gasteiger partial charge is 0.256 e. The van der Waals surface area contributed by atoms with Crippen molar-refractivity contribution in [3.05, 3.63) is 57.4 Å². The molecule has 0 saturated carbocycles. The van der Waals surface area contributed by atoms with Gasteiger partial charge in [-0.2, -0.15) is 0 Å². The molecule has 16 heavy (non-hydrogen) atoms. The second-order valence-electron chi connectivity index (χ2n) is 3.16. The summed E-state index contributed by atoms with van der Waals surface area (Å²) >= 11 is 0. The zero-order valence-electron chi connectivity index (χ0n) is 7.99. The molecule has 0 aliphatic heterocycles. The van der Waals surface area contributed by atoms with Gasteiger partial charge in [-0.15, -0.1) is 24.8 Å². The van der Waals surface area contributed by atoms with Crippen molar-refractivity contribution in [2.45, 2.75) is 0 Å². The van der Waals surface area contributed by atoms with E-state index in [-0.39, 0.29) is 35.9 Å². The molecule has 0 N–H and O–H groups in total. The third-order valence-corrected chi connectivity index (χ3v) is 2.37. The second-order valence-corrected chi connectivity index (χ2v) is 3.16. The summed E-state index contributed by atoms with van der Waals surface area (Å²) in [7, 11) is 0. The zero-order chi connectivity index (χ0) is 9.71. The molecule has 0 amide bonds. The van der Waals surface area contributed by atoms with Gasteiger partial charge in [0.05, 0.1) is 0 Å². The van der Waals surface area contributed by atoms with Gasteiger partial charge >= 0.3 is 0 Å². The van der Waals surface area contributed by atoms with Crippen molar-refractivity contribution < 1.29 is 0 Å². The normalized spacial score (nSPS) is 10.0. The van der Waals surface area contributed by atoms with Gasteiger partial charge in [-0.1, -0.05) is 0 Å². The van der Waals surface area contributed by atoms with Crippen LogP contribution in [0.5, 0.6) is 0 Å². The Kier molecular flexibility index (Phi) is 3.26. The lowest BCUT2D eigenvalue weighted by molar-refractivity contribution is 1.07. The fourth-order valence-electron chi connectivity index (χ4n) is 1.71. The molecule has 0 spiro atoms. The Bertz CT molecular complexity index is 673.